The monoisotopic (exact) mass is 325 g/mol. The number of alkyl carbamates (subject to hydrolysis) is 1. The van der Waals surface area contributed by atoms with Crippen molar-refractivity contribution >= 4 is 17.4 Å². The molecule has 1 saturated carbocycles. The van der Waals surface area contributed by atoms with Crippen molar-refractivity contribution in [3.05, 3.63) is 16.1 Å². The number of ether oxygens (including phenoxy) is 1. The van der Waals surface area contributed by atoms with Crippen molar-refractivity contribution in [3.8, 4) is 0 Å². The highest BCUT2D eigenvalue weighted by molar-refractivity contribution is 7.11. The maximum absolute atomic E-state index is 11.9. The number of aromatic nitrogens is 1. The van der Waals surface area contributed by atoms with Crippen molar-refractivity contribution in [3.63, 3.8) is 0 Å². The minimum atomic E-state index is -0.454. The van der Waals surface area contributed by atoms with E-state index in [9.17, 15) is 4.79 Å². The minimum Gasteiger partial charge on any atom is -0.444 e. The van der Waals surface area contributed by atoms with Gasteiger partial charge in [0, 0.05) is 29.7 Å². The first-order valence-electron chi connectivity index (χ1n) is 8.04. The number of amides is 1. The molecule has 1 heterocycles. The Morgan fingerprint density at radius 3 is 2.77 bits per heavy atom. The number of rotatable bonds is 5. The Labute approximate surface area is 136 Å². The van der Waals surface area contributed by atoms with E-state index < -0.39 is 5.60 Å². The van der Waals surface area contributed by atoms with Gasteiger partial charge in [-0.3, -0.25) is 0 Å². The molecule has 2 rings (SSSR count). The molecule has 1 fully saturated rings. The fourth-order valence-electron chi connectivity index (χ4n) is 2.66. The van der Waals surface area contributed by atoms with Crippen LogP contribution in [0.1, 0.15) is 56.8 Å². The quantitative estimate of drug-likeness (QED) is 0.872. The van der Waals surface area contributed by atoms with Crippen LogP contribution in [0.4, 0.5) is 4.79 Å². The van der Waals surface area contributed by atoms with Crippen LogP contribution < -0.4 is 10.6 Å². The number of carbonyl (C=O) groups is 1. The lowest BCUT2D eigenvalue weighted by molar-refractivity contribution is 0.0498. The number of carbonyl (C=O) groups excluding carboxylic acids is 1. The summed E-state index contributed by atoms with van der Waals surface area (Å²) in [5.74, 6) is 0. The molecule has 1 aliphatic carbocycles. The molecule has 124 valence electrons. The molecule has 0 bridgehead atoms. The third kappa shape index (κ3) is 5.25. The van der Waals surface area contributed by atoms with Crippen molar-refractivity contribution in [2.45, 2.75) is 77.6 Å². The number of thiazole rings is 1. The maximum atomic E-state index is 11.9. The predicted molar refractivity (Wildman–Crippen MR) is 89.1 cm³/mol. The van der Waals surface area contributed by atoms with Crippen LogP contribution in [0.3, 0.4) is 0 Å². The molecular weight excluding hydrogens is 298 g/mol. The first-order valence-corrected chi connectivity index (χ1v) is 8.85. The highest BCUT2D eigenvalue weighted by Crippen LogP contribution is 2.21. The maximum Gasteiger partial charge on any atom is 0.407 e. The van der Waals surface area contributed by atoms with Crippen molar-refractivity contribution < 1.29 is 9.53 Å². The van der Waals surface area contributed by atoms with Gasteiger partial charge >= 0.3 is 6.09 Å². The van der Waals surface area contributed by atoms with Crippen molar-refractivity contribution in [1.82, 2.24) is 15.6 Å². The highest BCUT2D eigenvalue weighted by Gasteiger charge is 2.29. The third-order valence-corrected chi connectivity index (χ3v) is 4.80. The first kappa shape index (κ1) is 17.2. The summed E-state index contributed by atoms with van der Waals surface area (Å²) in [6, 6.07) is 0.452. The van der Waals surface area contributed by atoms with Gasteiger partial charge in [0.05, 0.1) is 5.01 Å². The van der Waals surface area contributed by atoms with Crippen LogP contribution >= 0.6 is 11.3 Å². The zero-order valence-electron chi connectivity index (χ0n) is 13.9. The fraction of sp³-hybridized carbons (Fsp3) is 0.750. The van der Waals surface area contributed by atoms with Crippen molar-refractivity contribution in [2.24, 2.45) is 0 Å². The molecule has 2 atom stereocenters. The summed E-state index contributed by atoms with van der Waals surface area (Å²) in [6.45, 7) is 8.58. The standard InChI is InChI=1S/C16H27N3O2S/c1-5-14-18-10-11(22-14)9-17-12-7-6-8-13(12)19-15(20)21-16(2,3)4/h10,12-13,17H,5-9H2,1-4H3,(H,19,20). The Morgan fingerprint density at radius 1 is 1.41 bits per heavy atom. The van der Waals surface area contributed by atoms with Gasteiger partial charge < -0.3 is 15.4 Å². The van der Waals surface area contributed by atoms with Gasteiger partial charge in [0.25, 0.3) is 0 Å². The summed E-state index contributed by atoms with van der Waals surface area (Å²) in [5, 5.41) is 7.73. The lowest BCUT2D eigenvalue weighted by Crippen LogP contribution is -2.47. The second-order valence-corrected chi connectivity index (χ2v) is 7.94. The molecule has 2 unspecified atom stereocenters. The van der Waals surface area contributed by atoms with E-state index in [1.54, 1.807) is 11.3 Å². The van der Waals surface area contributed by atoms with Crippen LogP contribution in [0.5, 0.6) is 0 Å². The number of aryl methyl sites for hydroxylation is 1. The van der Waals surface area contributed by atoms with Gasteiger partial charge in [-0.2, -0.15) is 0 Å². The number of hydrogen-bond acceptors (Lipinski definition) is 5. The lowest BCUT2D eigenvalue weighted by Gasteiger charge is -2.25. The Balaban J connectivity index is 1.81. The zero-order valence-corrected chi connectivity index (χ0v) is 14.8. The Hall–Kier alpha value is -1.14. The summed E-state index contributed by atoms with van der Waals surface area (Å²) in [6.07, 6.45) is 5.82. The second-order valence-electron chi connectivity index (χ2n) is 6.74. The third-order valence-electron chi connectivity index (χ3n) is 3.66. The van der Waals surface area contributed by atoms with Gasteiger partial charge in [0.1, 0.15) is 5.60 Å². The van der Waals surface area contributed by atoms with Crippen LogP contribution in [0.2, 0.25) is 0 Å². The zero-order chi connectivity index (χ0) is 16.2. The molecule has 0 saturated heterocycles. The van der Waals surface area contributed by atoms with Crippen molar-refractivity contribution in [1.29, 1.82) is 0 Å². The molecule has 22 heavy (non-hydrogen) atoms. The number of nitrogens with one attached hydrogen (secondary N) is 2. The Kier molecular flexibility index (Phi) is 5.81. The van der Waals surface area contributed by atoms with E-state index >= 15 is 0 Å². The van der Waals surface area contributed by atoms with E-state index in [1.807, 2.05) is 27.0 Å². The van der Waals surface area contributed by atoms with Crippen LogP contribution in [0.25, 0.3) is 0 Å². The highest BCUT2D eigenvalue weighted by atomic mass is 32.1. The van der Waals surface area contributed by atoms with E-state index in [0.717, 1.165) is 32.2 Å². The summed E-state index contributed by atoms with van der Waals surface area (Å²) >= 11 is 1.75. The van der Waals surface area contributed by atoms with E-state index in [-0.39, 0.29) is 12.1 Å². The Morgan fingerprint density at radius 2 is 2.14 bits per heavy atom. The molecule has 0 aromatic carbocycles. The Bertz CT molecular complexity index is 496. The van der Waals surface area contributed by atoms with Crippen LogP contribution in [0, 0.1) is 0 Å². The molecule has 0 aliphatic heterocycles. The normalized spacial score (nSPS) is 21.8. The van der Waals surface area contributed by atoms with E-state index in [0.29, 0.717) is 6.04 Å². The SMILES string of the molecule is CCc1ncc(CNC2CCCC2NC(=O)OC(C)(C)C)s1. The van der Waals surface area contributed by atoms with Crippen LogP contribution in [-0.4, -0.2) is 28.8 Å². The number of hydrogen-bond donors (Lipinski definition) is 2. The smallest absolute Gasteiger partial charge is 0.407 e. The average Bonchev–Trinajstić information content (AvgIpc) is 3.02. The van der Waals surface area contributed by atoms with Crippen LogP contribution in [-0.2, 0) is 17.7 Å². The van der Waals surface area contributed by atoms with Gasteiger partial charge in [0.15, 0.2) is 0 Å². The second kappa shape index (κ2) is 7.42. The summed E-state index contributed by atoms with van der Waals surface area (Å²) in [7, 11) is 0. The largest absolute Gasteiger partial charge is 0.444 e. The molecule has 5 nitrogen and oxygen atoms in total. The molecule has 1 aromatic heterocycles. The number of nitrogens with zero attached hydrogens (tertiary/aromatic N) is 1. The molecule has 1 aliphatic rings. The molecule has 1 aromatic rings. The summed E-state index contributed by atoms with van der Waals surface area (Å²) < 4.78 is 5.34. The van der Waals surface area contributed by atoms with E-state index in [1.165, 1.54) is 9.88 Å². The van der Waals surface area contributed by atoms with E-state index in [4.69, 9.17) is 4.74 Å². The summed E-state index contributed by atoms with van der Waals surface area (Å²) in [5.41, 5.74) is -0.454. The van der Waals surface area contributed by atoms with Gasteiger partial charge in [-0.1, -0.05) is 6.92 Å². The van der Waals surface area contributed by atoms with Gasteiger partial charge in [0.2, 0.25) is 0 Å². The van der Waals surface area contributed by atoms with Crippen molar-refractivity contribution in [2.75, 3.05) is 0 Å². The summed E-state index contributed by atoms with van der Waals surface area (Å²) in [4.78, 5) is 17.5. The van der Waals surface area contributed by atoms with Gasteiger partial charge in [-0.25, -0.2) is 9.78 Å². The van der Waals surface area contributed by atoms with E-state index in [2.05, 4.69) is 22.5 Å². The van der Waals surface area contributed by atoms with Gasteiger partial charge in [-0.05, 0) is 46.5 Å². The molecule has 0 spiro atoms. The minimum absolute atomic E-state index is 0.147. The predicted octanol–water partition coefficient (Wildman–Crippen LogP) is 3.24. The molecule has 1 amide bonds. The fourth-order valence-corrected chi connectivity index (χ4v) is 3.47. The first-order chi connectivity index (χ1) is 10.4. The molecule has 6 heteroatoms. The molecule has 2 N–H and O–H groups in total. The average molecular weight is 325 g/mol. The lowest BCUT2D eigenvalue weighted by atomic mass is 10.1. The molecule has 0 radical (unpaired) electrons. The molecular formula is C16H27N3O2S. The topological polar surface area (TPSA) is 63.2 Å². The van der Waals surface area contributed by atoms with Gasteiger partial charge in [-0.15, -0.1) is 11.3 Å². The van der Waals surface area contributed by atoms with Crippen LogP contribution in [0.15, 0.2) is 6.20 Å².